The van der Waals surface area contributed by atoms with Crippen LogP contribution in [0.2, 0.25) is 0 Å². The lowest BCUT2D eigenvalue weighted by atomic mass is 10.4. The lowest BCUT2D eigenvalue weighted by molar-refractivity contribution is 1.06. The molecule has 0 aliphatic rings. The van der Waals surface area contributed by atoms with Crippen LogP contribution in [0.4, 0.5) is 5.82 Å². The van der Waals surface area contributed by atoms with Gasteiger partial charge in [-0.1, -0.05) is 0 Å². The Morgan fingerprint density at radius 3 is 2.93 bits per heavy atom. The van der Waals surface area contributed by atoms with Crippen molar-refractivity contribution in [2.75, 3.05) is 5.32 Å². The summed E-state index contributed by atoms with van der Waals surface area (Å²) in [5, 5.41) is 3.21. The first-order chi connectivity index (χ1) is 6.86. The summed E-state index contributed by atoms with van der Waals surface area (Å²) in [7, 11) is 0. The minimum Gasteiger partial charge on any atom is -0.364 e. The van der Waals surface area contributed by atoms with Gasteiger partial charge in [-0.2, -0.15) is 0 Å². The highest BCUT2D eigenvalue weighted by Crippen LogP contribution is 2.10. The molecule has 2 aromatic rings. The SMILES string of the molecule is Cc1nccnc1NCc1cncs1. The maximum absolute atomic E-state index is 4.19. The quantitative estimate of drug-likeness (QED) is 0.832. The Kier molecular flexibility index (Phi) is 2.69. The van der Waals surface area contributed by atoms with Crippen molar-refractivity contribution < 1.29 is 0 Å². The Morgan fingerprint density at radius 1 is 1.36 bits per heavy atom. The summed E-state index contributed by atoms with van der Waals surface area (Å²) in [5.74, 6) is 0.834. The number of thiazole rings is 1. The van der Waals surface area contributed by atoms with Crippen LogP contribution in [0.15, 0.2) is 24.1 Å². The van der Waals surface area contributed by atoms with E-state index >= 15 is 0 Å². The van der Waals surface area contributed by atoms with Crippen LogP contribution in [-0.4, -0.2) is 15.0 Å². The summed E-state index contributed by atoms with van der Waals surface area (Å²) in [4.78, 5) is 13.5. The zero-order valence-corrected chi connectivity index (χ0v) is 8.58. The molecule has 14 heavy (non-hydrogen) atoms. The first kappa shape index (κ1) is 9.08. The minimum atomic E-state index is 0.754. The smallest absolute Gasteiger partial charge is 0.147 e. The molecule has 0 bridgehead atoms. The van der Waals surface area contributed by atoms with Crippen molar-refractivity contribution in [1.82, 2.24) is 15.0 Å². The third-order valence-electron chi connectivity index (χ3n) is 1.79. The number of aryl methyl sites for hydroxylation is 1. The fourth-order valence-electron chi connectivity index (χ4n) is 1.08. The van der Waals surface area contributed by atoms with E-state index in [0.717, 1.165) is 18.1 Å². The van der Waals surface area contributed by atoms with Crippen LogP contribution in [0, 0.1) is 6.92 Å². The fraction of sp³-hybridized carbons (Fsp3) is 0.222. The predicted octanol–water partition coefficient (Wildman–Crippen LogP) is 1.85. The van der Waals surface area contributed by atoms with Gasteiger partial charge in [0.05, 0.1) is 17.7 Å². The molecule has 0 radical (unpaired) electrons. The van der Waals surface area contributed by atoms with E-state index in [2.05, 4.69) is 20.3 Å². The molecule has 4 nitrogen and oxygen atoms in total. The van der Waals surface area contributed by atoms with E-state index in [0.29, 0.717) is 0 Å². The van der Waals surface area contributed by atoms with E-state index in [9.17, 15) is 0 Å². The molecule has 0 unspecified atom stereocenters. The Labute approximate surface area is 86.1 Å². The van der Waals surface area contributed by atoms with Gasteiger partial charge in [0.25, 0.3) is 0 Å². The maximum atomic E-state index is 4.19. The number of aromatic nitrogens is 3. The first-order valence-electron chi connectivity index (χ1n) is 4.25. The van der Waals surface area contributed by atoms with E-state index < -0.39 is 0 Å². The molecule has 5 heteroatoms. The fourth-order valence-corrected chi connectivity index (χ4v) is 1.62. The topological polar surface area (TPSA) is 50.7 Å². The summed E-state index contributed by atoms with van der Waals surface area (Å²) in [6.45, 7) is 2.69. The lowest BCUT2D eigenvalue weighted by Crippen LogP contribution is -2.02. The summed E-state index contributed by atoms with van der Waals surface area (Å²) in [6.07, 6.45) is 5.22. The predicted molar refractivity (Wildman–Crippen MR) is 56.2 cm³/mol. The third-order valence-corrected chi connectivity index (χ3v) is 2.57. The Bertz CT molecular complexity index is 399. The summed E-state index contributed by atoms with van der Waals surface area (Å²) >= 11 is 1.63. The largest absolute Gasteiger partial charge is 0.364 e. The van der Waals surface area contributed by atoms with E-state index in [4.69, 9.17) is 0 Å². The minimum absolute atomic E-state index is 0.754. The second kappa shape index (κ2) is 4.15. The van der Waals surface area contributed by atoms with Gasteiger partial charge in [0.15, 0.2) is 0 Å². The van der Waals surface area contributed by atoms with Gasteiger partial charge >= 0.3 is 0 Å². The number of hydrogen-bond donors (Lipinski definition) is 1. The summed E-state index contributed by atoms with van der Waals surface area (Å²) in [6, 6.07) is 0. The zero-order valence-electron chi connectivity index (χ0n) is 7.77. The molecule has 1 N–H and O–H groups in total. The lowest BCUT2D eigenvalue weighted by Gasteiger charge is -2.04. The molecule has 0 aliphatic heterocycles. The van der Waals surface area contributed by atoms with Gasteiger partial charge in [0.2, 0.25) is 0 Å². The van der Waals surface area contributed by atoms with Gasteiger partial charge < -0.3 is 5.32 Å². The molecule has 0 amide bonds. The van der Waals surface area contributed by atoms with Crippen LogP contribution in [0.1, 0.15) is 10.6 Å². The Hall–Kier alpha value is -1.49. The monoisotopic (exact) mass is 206 g/mol. The molecule has 0 aromatic carbocycles. The van der Waals surface area contributed by atoms with E-state index in [1.54, 1.807) is 23.7 Å². The standard InChI is InChI=1S/C9H10N4S/c1-7-9(12-3-2-11-7)13-5-8-4-10-6-14-8/h2-4,6H,5H2,1H3,(H,12,13). The van der Waals surface area contributed by atoms with Crippen LogP contribution in [-0.2, 0) is 6.54 Å². The van der Waals surface area contributed by atoms with Crippen LogP contribution in [0.25, 0.3) is 0 Å². The van der Waals surface area contributed by atoms with E-state index in [-0.39, 0.29) is 0 Å². The van der Waals surface area contributed by atoms with Crippen LogP contribution < -0.4 is 5.32 Å². The third kappa shape index (κ3) is 2.05. The highest BCUT2D eigenvalue weighted by atomic mass is 32.1. The Morgan fingerprint density at radius 2 is 2.21 bits per heavy atom. The molecule has 0 aliphatic carbocycles. The van der Waals surface area contributed by atoms with Crippen molar-refractivity contribution in [3.05, 3.63) is 34.7 Å². The van der Waals surface area contributed by atoms with E-state index in [1.807, 2.05) is 18.6 Å². The zero-order chi connectivity index (χ0) is 9.80. The molecule has 0 atom stereocenters. The average molecular weight is 206 g/mol. The molecule has 0 saturated carbocycles. The van der Waals surface area contributed by atoms with Gasteiger partial charge in [-0.25, -0.2) is 4.98 Å². The normalized spacial score (nSPS) is 10.1. The van der Waals surface area contributed by atoms with Gasteiger partial charge in [0.1, 0.15) is 5.82 Å². The number of hydrogen-bond acceptors (Lipinski definition) is 5. The number of nitrogens with one attached hydrogen (secondary N) is 1. The molecule has 0 fully saturated rings. The molecule has 0 spiro atoms. The van der Waals surface area contributed by atoms with Crippen molar-refractivity contribution in [3.8, 4) is 0 Å². The van der Waals surface area contributed by atoms with Crippen molar-refractivity contribution in [1.29, 1.82) is 0 Å². The van der Waals surface area contributed by atoms with Gasteiger partial charge in [-0.05, 0) is 6.92 Å². The van der Waals surface area contributed by atoms with Crippen LogP contribution in [0.5, 0.6) is 0 Å². The highest BCUT2D eigenvalue weighted by molar-refractivity contribution is 7.09. The number of anilines is 1. The summed E-state index contributed by atoms with van der Waals surface area (Å²) < 4.78 is 0. The van der Waals surface area contributed by atoms with Crippen LogP contribution >= 0.6 is 11.3 Å². The summed E-state index contributed by atoms with van der Waals surface area (Å²) in [5.41, 5.74) is 2.73. The van der Waals surface area contributed by atoms with Crippen molar-refractivity contribution in [2.24, 2.45) is 0 Å². The molecule has 2 rings (SSSR count). The molecule has 2 aromatic heterocycles. The van der Waals surface area contributed by atoms with Crippen LogP contribution in [0.3, 0.4) is 0 Å². The first-order valence-corrected chi connectivity index (χ1v) is 5.13. The van der Waals surface area contributed by atoms with Crippen molar-refractivity contribution in [2.45, 2.75) is 13.5 Å². The molecular weight excluding hydrogens is 196 g/mol. The molecule has 0 saturated heterocycles. The van der Waals surface area contributed by atoms with E-state index in [1.165, 1.54) is 4.88 Å². The Balaban J connectivity index is 2.02. The second-order valence-corrected chi connectivity index (χ2v) is 3.78. The molecule has 72 valence electrons. The highest BCUT2D eigenvalue weighted by Gasteiger charge is 1.99. The average Bonchev–Trinajstić information content (AvgIpc) is 2.69. The maximum Gasteiger partial charge on any atom is 0.147 e. The van der Waals surface area contributed by atoms with Gasteiger partial charge in [0, 0.05) is 23.5 Å². The van der Waals surface area contributed by atoms with Crippen molar-refractivity contribution >= 4 is 17.2 Å². The van der Waals surface area contributed by atoms with Gasteiger partial charge in [-0.3, -0.25) is 9.97 Å². The number of nitrogens with zero attached hydrogens (tertiary/aromatic N) is 3. The molecular formula is C9H10N4S. The number of rotatable bonds is 3. The molecule has 2 heterocycles. The van der Waals surface area contributed by atoms with Gasteiger partial charge in [-0.15, -0.1) is 11.3 Å². The second-order valence-electron chi connectivity index (χ2n) is 2.81. The van der Waals surface area contributed by atoms with Crippen molar-refractivity contribution in [3.63, 3.8) is 0 Å².